The summed E-state index contributed by atoms with van der Waals surface area (Å²) in [6.07, 6.45) is 0.729. The monoisotopic (exact) mass is 405 g/mol. The number of nitrogens with one attached hydrogen (secondary N) is 1. The van der Waals surface area contributed by atoms with E-state index in [0.29, 0.717) is 17.3 Å². The number of nitrogens with zero attached hydrogens (tertiary/aromatic N) is 2. The molecule has 4 rings (SSSR count). The molecule has 30 heavy (non-hydrogen) atoms. The number of rotatable bonds is 4. The number of hydrogen-bond acceptors (Lipinski definition) is 5. The standard InChI is InChI=1S/C24H27N3O3/c1-13-7-14(2)23(15(3)8-13)25-22-12-19-18-11-21(30-6)20(29-5)10-17(18)9-16(4)27(19)24(28)26-22/h7-8,10-12,16H,9H2,1-6H3,(H,25,26,28)/t16-/m0/s1. The first-order chi connectivity index (χ1) is 14.3. The fourth-order valence-corrected chi connectivity index (χ4v) is 4.43. The zero-order chi connectivity index (χ0) is 21.6. The molecule has 1 aliphatic heterocycles. The Balaban J connectivity index is 1.87. The molecular weight excluding hydrogens is 378 g/mol. The lowest BCUT2D eigenvalue weighted by molar-refractivity contribution is 0.354. The molecule has 3 aromatic rings. The van der Waals surface area contributed by atoms with Crippen molar-refractivity contribution < 1.29 is 9.47 Å². The van der Waals surface area contributed by atoms with Gasteiger partial charge in [-0.15, -0.1) is 0 Å². The molecule has 0 saturated carbocycles. The van der Waals surface area contributed by atoms with Crippen LogP contribution in [0.1, 0.15) is 35.2 Å². The molecule has 0 radical (unpaired) electrons. The van der Waals surface area contributed by atoms with Crippen LogP contribution in [0.4, 0.5) is 11.5 Å². The first-order valence-electron chi connectivity index (χ1n) is 10.1. The summed E-state index contributed by atoms with van der Waals surface area (Å²) in [5.74, 6) is 1.87. The second kappa shape index (κ2) is 7.52. The number of hydrogen-bond donors (Lipinski definition) is 1. The molecule has 0 fully saturated rings. The summed E-state index contributed by atoms with van der Waals surface area (Å²) in [5, 5.41) is 3.38. The van der Waals surface area contributed by atoms with Gasteiger partial charge in [-0.3, -0.25) is 4.57 Å². The van der Waals surface area contributed by atoms with Gasteiger partial charge in [0.25, 0.3) is 0 Å². The molecule has 1 N–H and O–H groups in total. The largest absolute Gasteiger partial charge is 0.493 e. The molecule has 0 unspecified atom stereocenters. The normalized spacial score (nSPS) is 14.7. The molecule has 1 atom stereocenters. The Morgan fingerprint density at radius 3 is 2.27 bits per heavy atom. The van der Waals surface area contributed by atoms with Gasteiger partial charge in [-0.1, -0.05) is 17.7 Å². The van der Waals surface area contributed by atoms with Crippen molar-refractivity contribution in [1.29, 1.82) is 0 Å². The van der Waals surface area contributed by atoms with Crippen molar-refractivity contribution in [2.75, 3.05) is 19.5 Å². The quantitative estimate of drug-likeness (QED) is 0.681. The van der Waals surface area contributed by atoms with Crippen LogP contribution < -0.4 is 20.5 Å². The summed E-state index contributed by atoms with van der Waals surface area (Å²) in [4.78, 5) is 17.3. The van der Waals surface area contributed by atoms with E-state index in [-0.39, 0.29) is 11.7 Å². The van der Waals surface area contributed by atoms with Crippen LogP contribution >= 0.6 is 0 Å². The maximum absolute atomic E-state index is 13.0. The van der Waals surface area contributed by atoms with E-state index < -0.39 is 0 Å². The molecule has 1 aromatic heterocycles. The lowest BCUT2D eigenvalue weighted by atomic mass is 9.93. The van der Waals surface area contributed by atoms with Crippen molar-refractivity contribution in [3.8, 4) is 22.8 Å². The van der Waals surface area contributed by atoms with E-state index in [1.165, 1.54) is 5.56 Å². The van der Waals surface area contributed by atoms with Crippen LogP contribution in [0.25, 0.3) is 11.3 Å². The molecule has 0 amide bonds. The van der Waals surface area contributed by atoms with Gasteiger partial charge in [0, 0.05) is 23.4 Å². The molecular formula is C24H27N3O3. The number of ether oxygens (including phenoxy) is 2. The van der Waals surface area contributed by atoms with E-state index in [1.807, 2.05) is 25.1 Å². The Labute approximate surface area is 176 Å². The number of benzene rings is 2. The Hall–Kier alpha value is -3.28. The number of fused-ring (bicyclic) bond motifs is 3. The van der Waals surface area contributed by atoms with E-state index in [1.54, 1.807) is 18.8 Å². The highest BCUT2D eigenvalue weighted by atomic mass is 16.5. The van der Waals surface area contributed by atoms with Gasteiger partial charge in [-0.05, 0) is 62.9 Å². The van der Waals surface area contributed by atoms with Gasteiger partial charge < -0.3 is 14.8 Å². The van der Waals surface area contributed by atoms with Crippen LogP contribution in [0, 0.1) is 20.8 Å². The molecule has 6 heteroatoms. The van der Waals surface area contributed by atoms with E-state index >= 15 is 0 Å². The highest BCUT2D eigenvalue weighted by molar-refractivity contribution is 5.74. The van der Waals surface area contributed by atoms with Crippen molar-refractivity contribution in [2.24, 2.45) is 0 Å². The van der Waals surface area contributed by atoms with Crippen LogP contribution in [0.15, 0.2) is 35.1 Å². The van der Waals surface area contributed by atoms with Crippen LogP contribution in [0.5, 0.6) is 11.5 Å². The third-order valence-corrected chi connectivity index (χ3v) is 5.73. The lowest BCUT2D eigenvalue weighted by Gasteiger charge is -2.28. The third-order valence-electron chi connectivity index (χ3n) is 5.73. The highest BCUT2D eigenvalue weighted by Crippen LogP contribution is 2.41. The van der Waals surface area contributed by atoms with Crippen LogP contribution in [-0.4, -0.2) is 23.8 Å². The summed E-state index contributed by atoms with van der Waals surface area (Å²) in [5.41, 5.74) is 7.08. The molecule has 2 heterocycles. The summed E-state index contributed by atoms with van der Waals surface area (Å²) < 4.78 is 12.7. The van der Waals surface area contributed by atoms with Gasteiger partial charge in [0.2, 0.25) is 0 Å². The first kappa shape index (κ1) is 20.0. The van der Waals surface area contributed by atoms with Crippen molar-refractivity contribution in [2.45, 2.75) is 40.2 Å². The van der Waals surface area contributed by atoms with E-state index in [4.69, 9.17) is 9.47 Å². The predicted molar refractivity (Wildman–Crippen MR) is 119 cm³/mol. The van der Waals surface area contributed by atoms with Crippen LogP contribution in [0.2, 0.25) is 0 Å². The SMILES string of the molecule is COc1cc2c(cc1OC)-c1cc(Nc3c(C)cc(C)cc3C)nc(=O)n1[C@@H](C)C2. The maximum atomic E-state index is 13.0. The van der Waals surface area contributed by atoms with Crippen molar-refractivity contribution in [1.82, 2.24) is 9.55 Å². The van der Waals surface area contributed by atoms with E-state index in [2.05, 4.69) is 43.2 Å². The number of anilines is 2. The van der Waals surface area contributed by atoms with Gasteiger partial charge in [-0.25, -0.2) is 4.79 Å². The molecule has 0 saturated heterocycles. The van der Waals surface area contributed by atoms with Crippen molar-refractivity contribution >= 4 is 11.5 Å². The zero-order valence-electron chi connectivity index (χ0n) is 18.3. The summed E-state index contributed by atoms with van der Waals surface area (Å²) >= 11 is 0. The first-order valence-corrected chi connectivity index (χ1v) is 10.1. The Morgan fingerprint density at radius 2 is 1.63 bits per heavy atom. The third kappa shape index (κ3) is 3.32. The summed E-state index contributed by atoms with van der Waals surface area (Å²) in [7, 11) is 3.25. The topological polar surface area (TPSA) is 65.4 Å². The molecule has 0 spiro atoms. The summed E-state index contributed by atoms with van der Waals surface area (Å²) in [6, 6.07) is 10.1. The molecule has 1 aliphatic rings. The van der Waals surface area contributed by atoms with E-state index in [9.17, 15) is 4.79 Å². The molecule has 0 bridgehead atoms. The Kier molecular flexibility index (Phi) is 5.02. The average molecular weight is 405 g/mol. The highest BCUT2D eigenvalue weighted by Gasteiger charge is 2.26. The lowest BCUT2D eigenvalue weighted by Crippen LogP contribution is -2.31. The smallest absolute Gasteiger partial charge is 0.350 e. The van der Waals surface area contributed by atoms with Gasteiger partial charge in [0.1, 0.15) is 5.82 Å². The minimum absolute atomic E-state index is 0.00231. The van der Waals surface area contributed by atoms with Gasteiger partial charge in [0.05, 0.1) is 19.9 Å². The maximum Gasteiger partial charge on any atom is 0.350 e. The van der Waals surface area contributed by atoms with Crippen LogP contribution in [-0.2, 0) is 6.42 Å². The van der Waals surface area contributed by atoms with Crippen molar-refractivity contribution in [3.05, 3.63) is 63.1 Å². The number of aryl methyl sites for hydroxylation is 3. The fourth-order valence-electron chi connectivity index (χ4n) is 4.43. The predicted octanol–water partition coefficient (Wildman–Crippen LogP) is 4.71. The zero-order valence-corrected chi connectivity index (χ0v) is 18.3. The minimum atomic E-state index is -0.259. The minimum Gasteiger partial charge on any atom is -0.493 e. The van der Waals surface area contributed by atoms with Crippen molar-refractivity contribution in [3.63, 3.8) is 0 Å². The number of aromatic nitrogens is 2. The molecule has 2 aromatic carbocycles. The fraction of sp³-hybridized carbons (Fsp3) is 0.333. The van der Waals surface area contributed by atoms with Crippen LogP contribution in [0.3, 0.4) is 0 Å². The number of methoxy groups -OCH3 is 2. The average Bonchev–Trinajstić information content (AvgIpc) is 2.69. The second-order valence-corrected chi connectivity index (χ2v) is 8.00. The molecule has 156 valence electrons. The Bertz CT molecular complexity index is 1170. The van der Waals surface area contributed by atoms with Gasteiger partial charge in [0.15, 0.2) is 11.5 Å². The molecule has 6 nitrogen and oxygen atoms in total. The summed E-state index contributed by atoms with van der Waals surface area (Å²) in [6.45, 7) is 8.23. The van der Waals surface area contributed by atoms with Gasteiger partial charge >= 0.3 is 5.69 Å². The second-order valence-electron chi connectivity index (χ2n) is 8.00. The van der Waals surface area contributed by atoms with E-state index in [0.717, 1.165) is 40.1 Å². The van der Waals surface area contributed by atoms with Gasteiger partial charge in [-0.2, -0.15) is 4.98 Å². The molecule has 0 aliphatic carbocycles. The Morgan fingerprint density at radius 1 is 1.00 bits per heavy atom.